The first-order valence-electron chi connectivity index (χ1n) is 9.74. The predicted molar refractivity (Wildman–Crippen MR) is 101 cm³/mol. The normalized spacial score (nSPS) is 17.9. The van der Waals surface area contributed by atoms with Gasteiger partial charge in [0.1, 0.15) is 12.2 Å². The smallest absolute Gasteiger partial charge is 0.547 e. The summed E-state index contributed by atoms with van der Waals surface area (Å²) < 4.78 is 5.25. The van der Waals surface area contributed by atoms with Crippen LogP contribution in [-0.2, 0) is 22.4 Å². The van der Waals surface area contributed by atoms with E-state index >= 15 is 0 Å². The molecule has 3 nitrogen and oxygen atoms in total. The van der Waals surface area contributed by atoms with Crippen LogP contribution in [0.25, 0.3) is 0 Å². The fourth-order valence-corrected chi connectivity index (χ4v) is 3.56. The van der Waals surface area contributed by atoms with Gasteiger partial charge < -0.3 is 14.6 Å². The summed E-state index contributed by atoms with van der Waals surface area (Å²) in [7, 11) is 0. The van der Waals surface area contributed by atoms with E-state index in [0.717, 1.165) is 18.4 Å². The molecule has 2 atom stereocenters. The van der Waals surface area contributed by atoms with Crippen molar-refractivity contribution >= 4 is 5.97 Å². The molecule has 0 amide bonds. The molecule has 0 aromatic heterocycles. The standard InChI is InChI=1S/C23H28O3.Li/c24-23(25)22-21(26-22)20-17-11-10-16-19(20)15-9-4-2-1-3-6-12-18-13-7-5-8-14-18;/h5,7-8,10-11,13-14,16-17,21-22H,1-4,6,9,12,15H2,(H,24,25);/q;+1/p-1/t21-,22+;/m1./s1. The third-order valence-corrected chi connectivity index (χ3v) is 5.09. The number of carboxylic acid groups (broad SMARTS) is 1. The van der Waals surface area contributed by atoms with Gasteiger partial charge in [0, 0.05) is 0 Å². The first-order chi connectivity index (χ1) is 12.8. The number of aliphatic carboxylic acids is 1. The van der Waals surface area contributed by atoms with Gasteiger partial charge in [-0.15, -0.1) is 0 Å². The van der Waals surface area contributed by atoms with Gasteiger partial charge in [0.15, 0.2) is 0 Å². The van der Waals surface area contributed by atoms with Gasteiger partial charge in [-0.3, -0.25) is 0 Å². The summed E-state index contributed by atoms with van der Waals surface area (Å²) in [5, 5.41) is 10.9. The Morgan fingerprint density at radius 1 is 0.815 bits per heavy atom. The minimum Gasteiger partial charge on any atom is -0.547 e. The molecular formula is C23H27LiO3. The van der Waals surface area contributed by atoms with Crippen molar-refractivity contribution in [3.63, 3.8) is 0 Å². The molecule has 0 aliphatic carbocycles. The maximum atomic E-state index is 10.9. The molecule has 2 aromatic carbocycles. The number of unbranched alkanes of at least 4 members (excludes halogenated alkanes) is 5. The minimum absolute atomic E-state index is 0. The molecule has 0 bridgehead atoms. The predicted octanol–water partition coefficient (Wildman–Crippen LogP) is 1.01. The van der Waals surface area contributed by atoms with E-state index in [4.69, 9.17) is 4.74 Å². The van der Waals surface area contributed by atoms with E-state index in [1.54, 1.807) is 0 Å². The van der Waals surface area contributed by atoms with Crippen LogP contribution in [0.5, 0.6) is 0 Å². The Morgan fingerprint density at radius 3 is 2.07 bits per heavy atom. The van der Waals surface area contributed by atoms with Crippen molar-refractivity contribution in [3.8, 4) is 0 Å². The van der Waals surface area contributed by atoms with Crippen LogP contribution in [0.2, 0.25) is 0 Å². The van der Waals surface area contributed by atoms with Crippen LogP contribution >= 0.6 is 0 Å². The number of hydrogen-bond acceptors (Lipinski definition) is 3. The fourth-order valence-electron chi connectivity index (χ4n) is 3.56. The molecule has 3 rings (SSSR count). The molecule has 138 valence electrons. The zero-order valence-electron chi connectivity index (χ0n) is 16.2. The van der Waals surface area contributed by atoms with E-state index < -0.39 is 12.1 Å². The molecule has 0 unspecified atom stereocenters. The van der Waals surface area contributed by atoms with Gasteiger partial charge in [-0.1, -0.05) is 80.3 Å². The summed E-state index contributed by atoms with van der Waals surface area (Å²) in [6.07, 6.45) is 8.54. The molecule has 2 aromatic rings. The first-order valence-corrected chi connectivity index (χ1v) is 9.74. The number of benzene rings is 2. The van der Waals surface area contributed by atoms with Gasteiger partial charge in [0.05, 0.1) is 5.97 Å². The van der Waals surface area contributed by atoms with Crippen LogP contribution in [-0.4, -0.2) is 12.1 Å². The summed E-state index contributed by atoms with van der Waals surface area (Å²) in [6, 6.07) is 18.7. The number of rotatable bonds is 11. The van der Waals surface area contributed by atoms with Crippen LogP contribution in [0, 0.1) is 0 Å². The Morgan fingerprint density at radius 2 is 1.41 bits per heavy atom. The van der Waals surface area contributed by atoms with Crippen LogP contribution in [0.4, 0.5) is 0 Å². The van der Waals surface area contributed by atoms with Crippen LogP contribution in [0.15, 0.2) is 54.6 Å². The van der Waals surface area contributed by atoms with Crippen LogP contribution in [0.1, 0.15) is 61.3 Å². The van der Waals surface area contributed by atoms with Crippen molar-refractivity contribution in [2.24, 2.45) is 0 Å². The topological polar surface area (TPSA) is 52.7 Å². The molecule has 4 heteroatoms. The number of carboxylic acids is 1. The molecule has 1 aliphatic rings. The summed E-state index contributed by atoms with van der Waals surface area (Å²) in [5.74, 6) is -1.11. The molecule has 1 heterocycles. The van der Waals surface area contributed by atoms with Gasteiger partial charge in [0.2, 0.25) is 0 Å². The minimum atomic E-state index is -1.11. The average molecular weight is 358 g/mol. The summed E-state index contributed by atoms with van der Waals surface area (Å²) >= 11 is 0. The Kier molecular flexibility index (Phi) is 9.14. The molecule has 0 radical (unpaired) electrons. The maximum absolute atomic E-state index is 10.9. The van der Waals surface area contributed by atoms with Crippen molar-refractivity contribution in [2.45, 2.75) is 63.6 Å². The van der Waals surface area contributed by atoms with Gasteiger partial charge in [0.25, 0.3) is 0 Å². The SMILES string of the molecule is O=C([O-])[C@H]1O[C@@H]1c1ccccc1CCCCCCCCc1ccccc1.[Li+]. The van der Waals surface area contributed by atoms with Crippen molar-refractivity contribution < 1.29 is 33.5 Å². The molecule has 0 spiro atoms. The third-order valence-electron chi connectivity index (χ3n) is 5.09. The molecule has 1 fully saturated rings. The Labute approximate surface area is 174 Å². The van der Waals surface area contributed by atoms with E-state index in [-0.39, 0.29) is 25.0 Å². The Balaban J connectivity index is 0.00000261. The number of carbonyl (C=O) groups excluding carboxylic acids is 1. The second-order valence-corrected chi connectivity index (χ2v) is 7.10. The monoisotopic (exact) mass is 358 g/mol. The number of epoxide rings is 1. The van der Waals surface area contributed by atoms with E-state index in [9.17, 15) is 9.90 Å². The first kappa shape index (κ1) is 21.8. The Bertz CT molecular complexity index is 702. The molecule has 1 saturated heterocycles. The van der Waals surface area contributed by atoms with Crippen LogP contribution in [0.3, 0.4) is 0 Å². The zero-order chi connectivity index (χ0) is 18.2. The molecule has 0 saturated carbocycles. The van der Waals surface area contributed by atoms with Gasteiger partial charge in [-0.25, -0.2) is 0 Å². The molecule has 1 aliphatic heterocycles. The van der Waals surface area contributed by atoms with E-state index in [1.807, 2.05) is 18.2 Å². The Hall–Kier alpha value is -1.53. The van der Waals surface area contributed by atoms with Crippen molar-refractivity contribution in [2.75, 3.05) is 0 Å². The summed E-state index contributed by atoms with van der Waals surface area (Å²) in [6.45, 7) is 0. The number of carbonyl (C=O) groups is 1. The van der Waals surface area contributed by atoms with Crippen molar-refractivity contribution in [3.05, 3.63) is 71.3 Å². The molecule has 27 heavy (non-hydrogen) atoms. The summed E-state index contributed by atoms with van der Waals surface area (Å²) in [5.41, 5.74) is 3.66. The number of hydrogen-bond donors (Lipinski definition) is 0. The van der Waals surface area contributed by atoms with Gasteiger partial charge in [-0.05, 0) is 42.4 Å². The number of ether oxygens (including phenoxy) is 1. The second-order valence-electron chi connectivity index (χ2n) is 7.10. The third kappa shape index (κ3) is 6.85. The van der Waals surface area contributed by atoms with Gasteiger partial charge in [-0.2, -0.15) is 0 Å². The van der Waals surface area contributed by atoms with Crippen LogP contribution < -0.4 is 24.0 Å². The van der Waals surface area contributed by atoms with E-state index in [2.05, 4.69) is 36.4 Å². The number of aryl methyl sites for hydroxylation is 2. The largest absolute Gasteiger partial charge is 1.00 e. The zero-order valence-corrected chi connectivity index (χ0v) is 16.2. The fraction of sp³-hybridized carbons (Fsp3) is 0.435. The summed E-state index contributed by atoms with van der Waals surface area (Å²) in [4.78, 5) is 10.9. The second kappa shape index (κ2) is 11.3. The van der Waals surface area contributed by atoms with E-state index in [0.29, 0.717) is 0 Å². The molecular weight excluding hydrogens is 331 g/mol. The molecule has 0 N–H and O–H groups in total. The quantitative estimate of drug-likeness (QED) is 0.342. The average Bonchev–Trinajstić information content (AvgIpc) is 3.46. The van der Waals surface area contributed by atoms with E-state index in [1.165, 1.54) is 49.7 Å². The maximum Gasteiger partial charge on any atom is 1.00 e. The van der Waals surface area contributed by atoms with Crippen molar-refractivity contribution in [1.82, 2.24) is 0 Å². The van der Waals surface area contributed by atoms with Crippen molar-refractivity contribution in [1.29, 1.82) is 0 Å². The van der Waals surface area contributed by atoms with Gasteiger partial charge >= 0.3 is 18.9 Å².